The number of carbonyl (C=O) groups excluding carboxylic acids is 4. The molecule has 0 aromatic carbocycles. The van der Waals surface area contributed by atoms with Gasteiger partial charge in [-0.3, -0.25) is 19.3 Å². The van der Waals surface area contributed by atoms with E-state index in [-0.39, 0.29) is 19.1 Å². The van der Waals surface area contributed by atoms with Gasteiger partial charge in [0.25, 0.3) is 0 Å². The zero-order valence-corrected chi connectivity index (χ0v) is 30.7. The predicted octanol–water partition coefficient (Wildman–Crippen LogP) is 9.09. The van der Waals surface area contributed by atoms with Crippen molar-refractivity contribution in [3.63, 3.8) is 0 Å². The summed E-state index contributed by atoms with van der Waals surface area (Å²) in [7, 11) is 0. The molecule has 1 unspecified atom stereocenters. The van der Waals surface area contributed by atoms with Crippen LogP contribution in [-0.2, 0) is 19.2 Å². The third-order valence-electron chi connectivity index (χ3n) is 9.22. The van der Waals surface area contributed by atoms with Gasteiger partial charge in [-0.25, -0.2) is 0 Å². The number of amides is 2. The van der Waals surface area contributed by atoms with Crippen LogP contribution in [0.2, 0.25) is 0 Å². The number of Topliss-reactive ketones (excluding diaryl/α,β-unsaturated/α-hetero) is 1. The number of carbonyl (C=O) groups is 4. The molecule has 2 amide bonds. The van der Waals surface area contributed by atoms with Crippen LogP contribution in [0.3, 0.4) is 0 Å². The van der Waals surface area contributed by atoms with Gasteiger partial charge in [-0.15, -0.1) is 0 Å². The summed E-state index contributed by atoms with van der Waals surface area (Å²) in [6.07, 6.45) is 28.5. The van der Waals surface area contributed by atoms with Gasteiger partial charge in [0.05, 0.1) is 6.61 Å². The van der Waals surface area contributed by atoms with E-state index >= 15 is 0 Å². The van der Waals surface area contributed by atoms with E-state index in [0.717, 1.165) is 43.4 Å². The number of thiol groups is 1. The minimum absolute atomic E-state index is 0.0357. The Balaban J connectivity index is 4.72. The second-order valence-electron chi connectivity index (χ2n) is 13.4. The standard InChI is InChI=1S/C38H71NO6S/c1-3-5-7-9-11-13-15-17-19-21-23-25-27-29-35(43)39(38(32-41,33-46)37(45)34(42)31-40)36(44)30-28-26-24-22-20-18-16-14-12-10-8-6-4-2/h32,34,40,42,46H,3-31,33H2,1-2H3/t34-,38?/m0/s1. The number of rotatable bonds is 34. The smallest absolute Gasteiger partial charge is 0.230 e. The van der Waals surface area contributed by atoms with Crippen LogP contribution in [0.4, 0.5) is 0 Å². The van der Waals surface area contributed by atoms with Gasteiger partial charge in [-0.2, -0.15) is 12.6 Å². The van der Waals surface area contributed by atoms with Crippen LogP contribution in [0.15, 0.2) is 0 Å². The van der Waals surface area contributed by atoms with Crippen molar-refractivity contribution in [2.45, 2.75) is 205 Å². The van der Waals surface area contributed by atoms with Crippen molar-refractivity contribution in [1.29, 1.82) is 0 Å². The Morgan fingerprint density at radius 1 is 0.587 bits per heavy atom. The van der Waals surface area contributed by atoms with Gasteiger partial charge in [0.1, 0.15) is 6.10 Å². The zero-order chi connectivity index (χ0) is 34.3. The quantitative estimate of drug-likeness (QED) is 0.0273. The molecule has 7 nitrogen and oxygen atoms in total. The van der Waals surface area contributed by atoms with E-state index in [1.807, 2.05) is 0 Å². The Morgan fingerprint density at radius 2 is 0.870 bits per heavy atom. The van der Waals surface area contributed by atoms with E-state index in [2.05, 4.69) is 26.5 Å². The maximum absolute atomic E-state index is 13.4. The lowest BCUT2D eigenvalue weighted by atomic mass is 9.90. The minimum Gasteiger partial charge on any atom is -0.393 e. The third-order valence-corrected chi connectivity index (χ3v) is 9.71. The van der Waals surface area contributed by atoms with Crippen LogP contribution in [-0.4, -0.2) is 63.0 Å². The molecule has 0 fully saturated rings. The highest BCUT2D eigenvalue weighted by molar-refractivity contribution is 7.80. The summed E-state index contributed by atoms with van der Waals surface area (Å²) in [4.78, 5) is 53.0. The normalized spacial score (nSPS) is 13.3. The average Bonchev–Trinajstić information content (AvgIpc) is 3.06. The van der Waals surface area contributed by atoms with Crippen molar-refractivity contribution in [3.8, 4) is 0 Å². The number of unbranched alkanes of at least 4 members (excludes halogenated alkanes) is 24. The second kappa shape index (κ2) is 31.0. The first-order valence-electron chi connectivity index (χ1n) is 19.1. The Hall–Kier alpha value is -1.25. The predicted molar refractivity (Wildman–Crippen MR) is 193 cm³/mol. The van der Waals surface area contributed by atoms with E-state index in [1.165, 1.54) is 116 Å². The fourth-order valence-electron chi connectivity index (χ4n) is 6.17. The van der Waals surface area contributed by atoms with Crippen molar-refractivity contribution in [2.75, 3.05) is 12.4 Å². The molecule has 0 aromatic rings. The first-order chi connectivity index (χ1) is 22.4. The van der Waals surface area contributed by atoms with Crippen molar-refractivity contribution in [2.24, 2.45) is 0 Å². The summed E-state index contributed by atoms with van der Waals surface area (Å²) in [5.74, 6) is -2.71. The number of ketones is 1. The third kappa shape index (κ3) is 20.2. The maximum Gasteiger partial charge on any atom is 0.230 e. The summed E-state index contributed by atoms with van der Waals surface area (Å²) in [6, 6.07) is 0. The van der Waals surface area contributed by atoms with Gasteiger partial charge in [-0.05, 0) is 12.8 Å². The van der Waals surface area contributed by atoms with E-state index in [4.69, 9.17) is 0 Å². The van der Waals surface area contributed by atoms with Crippen molar-refractivity contribution in [1.82, 2.24) is 4.90 Å². The lowest BCUT2D eigenvalue weighted by molar-refractivity contribution is -0.162. The summed E-state index contributed by atoms with van der Waals surface area (Å²) < 4.78 is 0. The van der Waals surface area contributed by atoms with E-state index in [9.17, 15) is 29.4 Å². The van der Waals surface area contributed by atoms with E-state index in [0.29, 0.717) is 12.8 Å². The van der Waals surface area contributed by atoms with Crippen molar-refractivity contribution < 1.29 is 29.4 Å². The van der Waals surface area contributed by atoms with Gasteiger partial charge >= 0.3 is 0 Å². The van der Waals surface area contributed by atoms with Crippen LogP contribution in [0.1, 0.15) is 194 Å². The first-order valence-corrected chi connectivity index (χ1v) is 19.8. The van der Waals surface area contributed by atoms with Crippen LogP contribution in [0, 0.1) is 0 Å². The van der Waals surface area contributed by atoms with Crippen molar-refractivity contribution >= 4 is 36.5 Å². The van der Waals surface area contributed by atoms with E-state index < -0.39 is 41.6 Å². The van der Waals surface area contributed by atoms with Crippen LogP contribution in [0.5, 0.6) is 0 Å². The Kier molecular flexibility index (Phi) is 30.2. The zero-order valence-electron chi connectivity index (χ0n) is 29.8. The number of aliphatic hydroxyl groups is 2. The highest BCUT2D eigenvalue weighted by Crippen LogP contribution is 2.24. The molecule has 0 aliphatic carbocycles. The molecular formula is C38H71NO6S. The van der Waals surface area contributed by atoms with Crippen LogP contribution in [0.25, 0.3) is 0 Å². The summed E-state index contributed by atoms with van der Waals surface area (Å²) in [5.41, 5.74) is -2.23. The molecule has 0 bridgehead atoms. The lowest BCUT2D eigenvalue weighted by Crippen LogP contribution is -2.64. The summed E-state index contributed by atoms with van der Waals surface area (Å²) >= 11 is 4.18. The largest absolute Gasteiger partial charge is 0.393 e. The Labute approximate surface area is 287 Å². The monoisotopic (exact) mass is 670 g/mol. The van der Waals surface area contributed by atoms with E-state index in [1.54, 1.807) is 0 Å². The number of aldehydes is 1. The molecule has 0 heterocycles. The number of hydrogen-bond donors (Lipinski definition) is 3. The molecule has 2 N–H and O–H groups in total. The van der Waals surface area contributed by atoms with Gasteiger partial charge in [0, 0.05) is 18.6 Å². The molecule has 8 heteroatoms. The molecule has 0 aromatic heterocycles. The minimum atomic E-state index is -2.23. The lowest BCUT2D eigenvalue weighted by Gasteiger charge is -2.37. The fourth-order valence-corrected chi connectivity index (χ4v) is 6.55. The molecule has 46 heavy (non-hydrogen) atoms. The summed E-state index contributed by atoms with van der Waals surface area (Å²) in [5, 5.41) is 19.5. The van der Waals surface area contributed by atoms with Gasteiger partial charge in [0.15, 0.2) is 17.6 Å². The molecule has 2 atom stereocenters. The number of imide groups is 1. The summed E-state index contributed by atoms with van der Waals surface area (Å²) in [6.45, 7) is 3.56. The molecule has 0 aliphatic rings. The number of nitrogens with zero attached hydrogens (tertiary/aromatic N) is 1. The molecule has 0 aliphatic heterocycles. The number of aliphatic hydroxyl groups excluding tert-OH is 2. The maximum atomic E-state index is 13.4. The van der Waals surface area contributed by atoms with Crippen LogP contribution < -0.4 is 0 Å². The van der Waals surface area contributed by atoms with Gasteiger partial charge in [0.2, 0.25) is 11.8 Å². The topological polar surface area (TPSA) is 112 Å². The Morgan fingerprint density at radius 3 is 1.11 bits per heavy atom. The molecule has 0 spiro atoms. The fraction of sp³-hybridized carbons (Fsp3) is 0.895. The molecule has 0 saturated carbocycles. The number of hydrogen-bond acceptors (Lipinski definition) is 7. The highest BCUT2D eigenvalue weighted by atomic mass is 32.1. The van der Waals surface area contributed by atoms with Gasteiger partial charge in [-0.1, -0.05) is 168 Å². The highest BCUT2D eigenvalue weighted by Gasteiger charge is 2.50. The molecule has 0 rings (SSSR count). The molecule has 0 radical (unpaired) electrons. The van der Waals surface area contributed by atoms with Crippen molar-refractivity contribution in [3.05, 3.63) is 0 Å². The first kappa shape index (κ1) is 44.8. The molecule has 0 saturated heterocycles. The second-order valence-corrected chi connectivity index (χ2v) is 13.7. The van der Waals surface area contributed by atoms with Gasteiger partial charge < -0.3 is 15.0 Å². The molecule has 270 valence electrons. The SMILES string of the molecule is CCCCCCCCCCCCCCCC(=O)N(C(=O)CCCCCCCCCCCCCCC)C(C=O)(CS)C(=O)[C@@H](O)CO. The average molecular weight is 670 g/mol. The Bertz CT molecular complexity index is 736. The van der Waals surface area contributed by atoms with Crippen LogP contribution >= 0.6 is 12.6 Å². The molecular weight excluding hydrogens is 598 g/mol.